The minimum absolute atomic E-state index is 0.0100. The molecule has 37 heavy (non-hydrogen) atoms. The van der Waals surface area contributed by atoms with Gasteiger partial charge in [0.1, 0.15) is 39.4 Å². The lowest BCUT2D eigenvalue weighted by Gasteiger charge is -2.48. The highest BCUT2D eigenvalue weighted by atomic mass is 35.5. The molecule has 1 fully saturated rings. The lowest BCUT2D eigenvalue weighted by Crippen LogP contribution is -2.70. The Bertz CT molecular complexity index is 1210. The molecule has 1 saturated heterocycles. The standard InChI is InChI=1S/C21H22ClN5O8S2/c1-21(2,3)35-11(29)5-4-7-34-26-13(12-15(22)37-20(25-12)23-9-28)16(30)24-14-17(31)27-10(19(32)33)6-8-36-18(14)27/h4-6,9,14,18H,7-8H2,1-3H3,(H,24,30)(H,32,33)(H,23,25,28)/b5-4+,26-13+/t14?,18-/m1/s1. The van der Waals surface area contributed by atoms with E-state index in [4.69, 9.17) is 21.2 Å². The molecule has 1 aromatic heterocycles. The van der Waals surface area contributed by atoms with Gasteiger partial charge in [-0.1, -0.05) is 28.1 Å². The number of rotatable bonds is 10. The summed E-state index contributed by atoms with van der Waals surface area (Å²) in [4.78, 5) is 70.0. The van der Waals surface area contributed by atoms with Crippen molar-refractivity contribution in [2.24, 2.45) is 5.16 Å². The van der Waals surface area contributed by atoms with Gasteiger partial charge in [-0.2, -0.15) is 0 Å². The Labute approximate surface area is 223 Å². The van der Waals surface area contributed by atoms with Crippen LogP contribution in [0.3, 0.4) is 0 Å². The van der Waals surface area contributed by atoms with Crippen molar-refractivity contribution >= 4 is 75.7 Å². The molecule has 2 aliphatic heterocycles. The third kappa shape index (κ3) is 6.87. The summed E-state index contributed by atoms with van der Waals surface area (Å²) in [6.07, 6.45) is 4.25. The monoisotopic (exact) mass is 571 g/mol. The quantitative estimate of drug-likeness (QED) is 0.0706. The number of aliphatic carboxylic acids is 1. The lowest BCUT2D eigenvalue weighted by atomic mass is 10.0. The van der Waals surface area contributed by atoms with E-state index in [1.54, 1.807) is 20.8 Å². The van der Waals surface area contributed by atoms with Gasteiger partial charge in [-0.25, -0.2) is 14.6 Å². The first-order chi connectivity index (χ1) is 17.4. The number of β-lactam (4-membered cyclic amide) rings is 1. The van der Waals surface area contributed by atoms with Crippen molar-refractivity contribution in [1.29, 1.82) is 0 Å². The van der Waals surface area contributed by atoms with E-state index in [1.165, 1.54) is 23.9 Å². The van der Waals surface area contributed by atoms with Crippen molar-refractivity contribution in [2.45, 2.75) is 37.8 Å². The molecule has 3 heterocycles. The molecule has 3 amide bonds. The number of nitrogens with one attached hydrogen (secondary N) is 2. The van der Waals surface area contributed by atoms with Gasteiger partial charge in [0.25, 0.3) is 11.8 Å². The number of carboxylic acid groups (broad SMARTS) is 1. The molecular weight excluding hydrogens is 550 g/mol. The number of hydrogen-bond acceptors (Lipinski definition) is 11. The number of oxime groups is 1. The van der Waals surface area contributed by atoms with Crippen molar-refractivity contribution in [2.75, 3.05) is 17.7 Å². The molecule has 0 saturated carbocycles. The Morgan fingerprint density at radius 3 is 2.76 bits per heavy atom. The summed E-state index contributed by atoms with van der Waals surface area (Å²) in [6, 6.07) is -1.03. The smallest absolute Gasteiger partial charge is 0.352 e. The van der Waals surface area contributed by atoms with Crippen molar-refractivity contribution in [3.05, 3.63) is 34.0 Å². The summed E-state index contributed by atoms with van der Waals surface area (Å²) in [5.74, 6) is -2.98. The highest BCUT2D eigenvalue weighted by Gasteiger charge is 2.53. The largest absolute Gasteiger partial charge is 0.477 e. The third-order valence-electron chi connectivity index (χ3n) is 4.55. The van der Waals surface area contributed by atoms with Crippen LogP contribution < -0.4 is 10.6 Å². The molecule has 0 aliphatic carbocycles. The minimum atomic E-state index is -1.25. The predicted octanol–water partition coefficient (Wildman–Crippen LogP) is 1.35. The molecular formula is C21H22ClN5O8S2. The SMILES string of the molecule is CC(C)(C)OC(=O)/C=C/CO/N=C(/C(=O)NC1C(=O)N2C(C(=O)O)=CCS[C@H]12)c1nc(NC=O)sc1Cl. The summed E-state index contributed by atoms with van der Waals surface area (Å²) in [5.41, 5.74) is -1.34. The zero-order valence-corrected chi connectivity index (χ0v) is 22.1. The van der Waals surface area contributed by atoms with Gasteiger partial charge in [0, 0.05) is 11.8 Å². The van der Waals surface area contributed by atoms with Crippen LogP contribution in [0, 0.1) is 0 Å². The Balaban J connectivity index is 1.76. The number of ether oxygens (including phenoxy) is 1. The number of anilines is 1. The maximum atomic E-state index is 13.1. The predicted molar refractivity (Wildman–Crippen MR) is 135 cm³/mol. The Morgan fingerprint density at radius 1 is 1.38 bits per heavy atom. The van der Waals surface area contributed by atoms with Gasteiger partial charge in [0.15, 0.2) is 10.8 Å². The molecule has 198 valence electrons. The summed E-state index contributed by atoms with van der Waals surface area (Å²) in [7, 11) is 0. The number of hydrogen-bond donors (Lipinski definition) is 3. The fourth-order valence-electron chi connectivity index (χ4n) is 3.12. The number of aromatic nitrogens is 1. The van der Waals surface area contributed by atoms with E-state index in [-0.39, 0.29) is 27.5 Å². The van der Waals surface area contributed by atoms with E-state index in [0.29, 0.717) is 12.2 Å². The van der Waals surface area contributed by atoms with Crippen LogP contribution >= 0.6 is 34.7 Å². The van der Waals surface area contributed by atoms with Crippen LogP contribution in [0.4, 0.5) is 5.13 Å². The number of thiazole rings is 1. The highest BCUT2D eigenvalue weighted by molar-refractivity contribution is 8.00. The molecule has 0 aromatic carbocycles. The molecule has 2 atom stereocenters. The second-order valence-electron chi connectivity index (χ2n) is 8.35. The van der Waals surface area contributed by atoms with E-state index in [1.807, 2.05) is 0 Å². The number of fused-ring (bicyclic) bond motifs is 1. The van der Waals surface area contributed by atoms with E-state index in [0.717, 1.165) is 22.3 Å². The number of carbonyl (C=O) groups excluding carboxylic acids is 4. The summed E-state index contributed by atoms with van der Waals surface area (Å²) < 4.78 is 5.14. The zero-order chi connectivity index (χ0) is 27.3. The topological polar surface area (TPSA) is 177 Å². The molecule has 3 rings (SSSR count). The number of carbonyl (C=O) groups is 5. The first-order valence-electron chi connectivity index (χ1n) is 10.6. The first kappa shape index (κ1) is 28.1. The van der Waals surface area contributed by atoms with Crippen LogP contribution in [0.25, 0.3) is 0 Å². The molecule has 2 aliphatic rings. The van der Waals surface area contributed by atoms with E-state index in [9.17, 15) is 29.1 Å². The Hall–Kier alpha value is -3.43. The van der Waals surface area contributed by atoms with Crippen LogP contribution in [-0.2, 0) is 33.5 Å². The normalized spacial score (nSPS) is 19.5. The lowest BCUT2D eigenvalue weighted by molar-refractivity contribution is -0.150. The van der Waals surface area contributed by atoms with Crippen LogP contribution in [0.15, 0.2) is 29.1 Å². The fourth-order valence-corrected chi connectivity index (χ4v) is 5.32. The fraction of sp³-hybridized carbons (Fsp3) is 0.381. The number of esters is 1. The summed E-state index contributed by atoms with van der Waals surface area (Å²) in [6.45, 7) is 4.92. The Kier molecular flexibility index (Phi) is 8.94. The molecule has 0 bridgehead atoms. The highest BCUT2D eigenvalue weighted by Crippen LogP contribution is 2.37. The number of halogens is 1. The Morgan fingerprint density at radius 2 is 2.11 bits per heavy atom. The molecule has 16 heteroatoms. The zero-order valence-electron chi connectivity index (χ0n) is 19.7. The second kappa shape index (κ2) is 11.7. The molecule has 13 nitrogen and oxygen atoms in total. The molecule has 0 radical (unpaired) electrons. The molecule has 3 N–H and O–H groups in total. The van der Waals surface area contributed by atoms with Gasteiger partial charge >= 0.3 is 11.9 Å². The maximum Gasteiger partial charge on any atom is 0.352 e. The number of nitrogens with zero attached hydrogens (tertiary/aromatic N) is 3. The van der Waals surface area contributed by atoms with Gasteiger partial charge in [-0.15, -0.1) is 11.8 Å². The molecule has 0 spiro atoms. The average Bonchev–Trinajstić information content (AvgIpc) is 3.17. The van der Waals surface area contributed by atoms with E-state index < -0.39 is 46.5 Å². The third-order valence-corrected chi connectivity index (χ3v) is 6.92. The van der Waals surface area contributed by atoms with Gasteiger partial charge < -0.3 is 25.3 Å². The summed E-state index contributed by atoms with van der Waals surface area (Å²) >= 11 is 8.34. The maximum absolute atomic E-state index is 13.1. The van der Waals surface area contributed by atoms with Crippen molar-refractivity contribution in [3.8, 4) is 0 Å². The summed E-state index contributed by atoms with van der Waals surface area (Å²) in [5, 5.41) is 17.4. The van der Waals surface area contributed by atoms with Gasteiger partial charge in [0.05, 0.1) is 0 Å². The van der Waals surface area contributed by atoms with E-state index in [2.05, 4.69) is 20.8 Å². The van der Waals surface area contributed by atoms with Crippen LogP contribution in [0.2, 0.25) is 4.34 Å². The number of carboxylic acids is 1. The van der Waals surface area contributed by atoms with Crippen LogP contribution in [0.1, 0.15) is 26.5 Å². The molecule has 1 unspecified atom stereocenters. The van der Waals surface area contributed by atoms with Crippen molar-refractivity contribution in [3.63, 3.8) is 0 Å². The van der Waals surface area contributed by atoms with Gasteiger partial charge in [-0.3, -0.25) is 19.3 Å². The number of amides is 3. The number of thioether (sulfide) groups is 1. The van der Waals surface area contributed by atoms with Crippen molar-refractivity contribution in [1.82, 2.24) is 15.2 Å². The van der Waals surface area contributed by atoms with Gasteiger partial charge in [-0.05, 0) is 32.9 Å². The van der Waals surface area contributed by atoms with E-state index >= 15 is 0 Å². The first-order valence-corrected chi connectivity index (χ1v) is 12.8. The average molecular weight is 572 g/mol. The molecule has 1 aromatic rings. The van der Waals surface area contributed by atoms with Crippen molar-refractivity contribution < 1.29 is 38.7 Å². The van der Waals surface area contributed by atoms with Crippen LogP contribution in [0.5, 0.6) is 0 Å². The second-order valence-corrected chi connectivity index (χ2v) is 11.1. The minimum Gasteiger partial charge on any atom is -0.477 e. The van der Waals surface area contributed by atoms with Crippen LogP contribution in [-0.4, -0.2) is 80.2 Å². The van der Waals surface area contributed by atoms with Gasteiger partial charge in [0.2, 0.25) is 6.41 Å².